The van der Waals surface area contributed by atoms with Crippen LogP contribution in [0.3, 0.4) is 0 Å². The quantitative estimate of drug-likeness (QED) is 0.491. The summed E-state index contributed by atoms with van der Waals surface area (Å²) < 4.78 is 0. The fraction of sp³-hybridized carbons (Fsp3) is 0.750. The maximum atomic E-state index is 11.5. The molecule has 3 heteroatoms. The molecule has 0 aromatic carbocycles. The Kier molecular flexibility index (Phi) is 7.75. The van der Waals surface area contributed by atoms with E-state index < -0.39 is 0 Å². The summed E-state index contributed by atoms with van der Waals surface area (Å²) in [7, 11) is 0. The molecule has 0 aromatic rings. The number of carbonyl (C=O) groups is 1. The van der Waals surface area contributed by atoms with E-state index in [1.165, 1.54) is 0 Å². The minimum atomic E-state index is -0.386. The predicted molar refractivity (Wildman–Crippen MR) is 63.1 cm³/mol. The highest BCUT2D eigenvalue weighted by atomic mass is 16.2. The minimum absolute atomic E-state index is 0.0509. The molecule has 0 saturated heterocycles. The molecule has 0 saturated carbocycles. The van der Waals surface area contributed by atoms with Crippen molar-refractivity contribution >= 4 is 5.91 Å². The van der Waals surface area contributed by atoms with Gasteiger partial charge in [0, 0.05) is 13.0 Å². The van der Waals surface area contributed by atoms with E-state index in [4.69, 9.17) is 12.2 Å². The summed E-state index contributed by atoms with van der Waals surface area (Å²) in [5, 5.41) is 2.82. The van der Waals surface area contributed by atoms with Gasteiger partial charge >= 0.3 is 0 Å². The second-order valence-corrected chi connectivity index (χ2v) is 3.86. The van der Waals surface area contributed by atoms with E-state index in [9.17, 15) is 4.79 Å². The molecular weight excluding hydrogens is 188 g/mol. The van der Waals surface area contributed by atoms with Gasteiger partial charge in [-0.15, -0.1) is 12.3 Å². The maximum Gasteiger partial charge on any atom is 0.237 e. The van der Waals surface area contributed by atoms with E-state index in [0.717, 1.165) is 25.7 Å². The number of nitrogens with two attached hydrogens (primary N) is 1. The molecule has 0 aromatic heterocycles. The van der Waals surface area contributed by atoms with Crippen LogP contribution in [0.25, 0.3) is 0 Å². The van der Waals surface area contributed by atoms with E-state index in [1.54, 1.807) is 0 Å². The van der Waals surface area contributed by atoms with Gasteiger partial charge in [-0.1, -0.05) is 20.3 Å². The van der Waals surface area contributed by atoms with Crippen LogP contribution in [0, 0.1) is 18.3 Å². The molecule has 3 N–H and O–H groups in total. The Morgan fingerprint density at radius 2 is 2.20 bits per heavy atom. The number of terminal acetylenes is 1. The number of nitrogens with one attached hydrogen (secondary N) is 1. The van der Waals surface area contributed by atoms with Gasteiger partial charge in [0.25, 0.3) is 0 Å². The molecule has 0 spiro atoms. The van der Waals surface area contributed by atoms with Gasteiger partial charge in [-0.2, -0.15) is 0 Å². The van der Waals surface area contributed by atoms with Crippen LogP contribution in [0.2, 0.25) is 0 Å². The van der Waals surface area contributed by atoms with Gasteiger partial charge in [-0.05, 0) is 18.8 Å². The summed E-state index contributed by atoms with van der Waals surface area (Å²) in [5.41, 5.74) is 5.77. The summed E-state index contributed by atoms with van der Waals surface area (Å²) in [6.45, 7) is 4.69. The summed E-state index contributed by atoms with van der Waals surface area (Å²) in [4.78, 5) is 11.5. The summed E-state index contributed by atoms with van der Waals surface area (Å²) in [6.07, 6.45) is 8.69. The van der Waals surface area contributed by atoms with Crippen molar-refractivity contribution in [1.82, 2.24) is 5.32 Å². The van der Waals surface area contributed by atoms with Crippen LogP contribution in [-0.4, -0.2) is 18.5 Å². The Labute approximate surface area is 92.8 Å². The smallest absolute Gasteiger partial charge is 0.237 e. The molecule has 15 heavy (non-hydrogen) atoms. The number of hydrogen-bond donors (Lipinski definition) is 2. The third-order valence-corrected chi connectivity index (χ3v) is 2.61. The van der Waals surface area contributed by atoms with E-state index >= 15 is 0 Å². The average molecular weight is 210 g/mol. The number of hydrogen-bond acceptors (Lipinski definition) is 2. The highest BCUT2D eigenvalue weighted by Crippen LogP contribution is 2.04. The molecule has 0 heterocycles. The summed E-state index contributed by atoms with van der Waals surface area (Å²) in [6, 6.07) is -0.386. The molecular formula is C12H22N2O. The molecule has 0 radical (unpaired) electrons. The van der Waals surface area contributed by atoms with Gasteiger partial charge in [0.15, 0.2) is 0 Å². The van der Waals surface area contributed by atoms with Gasteiger partial charge in [-0.25, -0.2) is 0 Å². The lowest BCUT2D eigenvalue weighted by molar-refractivity contribution is -0.123. The van der Waals surface area contributed by atoms with Crippen molar-refractivity contribution in [3.63, 3.8) is 0 Å². The molecule has 1 amide bonds. The highest BCUT2D eigenvalue weighted by Gasteiger charge is 2.18. The van der Waals surface area contributed by atoms with Gasteiger partial charge in [0.1, 0.15) is 0 Å². The Morgan fingerprint density at radius 1 is 1.53 bits per heavy atom. The molecule has 3 nitrogen and oxygen atoms in total. The zero-order chi connectivity index (χ0) is 11.7. The molecule has 0 rings (SSSR count). The van der Waals surface area contributed by atoms with E-state index in [2.05, 4.69) is 11.2 Å². The molecule has 0 bridgehead atoms. The molecule has 0 unspecified atom stereocenters. The first-order valence-corrected chi connectivity index (χ1v) is 5.60. The molecule has 0 fully saturated rings. The highest BCUT2D eigenvalue weighted by molar-refractivity contribution is 5.81. The normalized spacial score (nSPS) is 14.0. The average Bonchev–Trinajstić information content (AvgIpc) is 2.26. The van der Waals surface area contributed by atoms with Crippen LogP contribution in [0.5, 0.6) is 0 Å². The van der Waals surface area contributed by atoms with Crippen LogP contribution < -0.4 is 11.1 Å². The first-order valence-electron chi connectivity index (χ1n) is 5.60. The Balaban J connectivity index is 3.61. The van der Waals surface area contributed by atoms with E-state index in [0.29, 0.717) is 6.54 Å². The SMILES string of the molecule is C#CCCCCNC(=O)[C@@H](N)[C@@H](C)CC. The molecule has 86 valence electrons. The summed E-state index contributed by atoms with van der Waals surface area (Å²) in [5.74, 6) is 2.75. The van der Waals surface area contributed by atoms with Crippen LogP contribution in [0.1, 0.15) is 39.5 Å². The van der Waals surface area contributed by atoms with Crippen molar-refractivity contribution < 1.29 is 4.79 Å². The summed E-state index contributed by atoms with van der Waals surface area (Å²) >= 11 is 0. The van der Waals surface area contributed by atoms with Crippen LogP contribution >= 0.6 is 0 Å². The number of rotatable bonds is 7. The number of unbranched alkanes of at least 4 members (excludes halogenated alkanes) is 2. The molecule has 0 aliphatic heterocycles. The molecule has 0 aliphatic carbocycles. The van der Waals surface area contributed by atoms with E-state index in [-0.39, 0.29) is 17.9 Å². The first kappa shape index (κ1) is 14.0. The van der Waals surface area contributed by atoms with Gasteiger partial charge in [-0.3, -0.25) is 4.79 Å². The lowest BCUT2D eigenvalue weighted by atomic mass is 9.99. The van der Waals surface area contributed by atoms with E-state index in [1.807, 2.05) is 13.8 Å². The van der Waals surface area contributed by atoms with Crippen molar-refractivity contribution in [3.05, 3.63) is 0 Å². The van der Waals surface area contributed by atoms with Crippen molar-refractivity contribution in [1.29, 1.82) is 0 Å². The Bertz CT molecular complexity index is 220. The second kappa shape index (κ2) is 8.31. The third kappa shape index (κ3) is 6.14. The lowest BCUT2D eigenvalue weighted by Gasteiger charge is -2.17. The van der Waals surface area contributed by atoms with Crippen molar-refractivity contribution in [2.75, 3.05) is 6.54 Å². The van der Waals surface area contributed by atoms with Crippen molar-refractivity contribution in [2.24, 2.45) is 11.7 Å². The first-order chi connectivity index (χ1) is 7.13. The standard InChI is InChI=1S/C12H22N2O/c1-4-6-7-8-9-14-12(15)11(13)10(3)5-2/h1,10-11H,5-9,13H2,2-3H3,(H,14,15)/t10-,11-/m0/s1. The largest absolute Gasteiger partial charge is 0.355 e. The zero-order valence-corrected chi connectivity index (χ0v) is 9.75. The lowest BCUT2D eigenvalue weighted by Crippen LogP contribution is -2.44. The van der Waals surface area contributed by atoms with Gasteiger partial charge < -0.3 is 11.1 Å². The number of amides is 1. The van der Waals surface area contributed by atoms with Gasteiger partial charge in [0.05, 0.1) is 6.04 Å². The Morgan fingerprint density at radius 3 is 2.73 bits per heavy atom. The fourth-order valence-corrected chi connectivity index (χ4v) is 1.19. The molecule has 0 aliphatic rings. The predicted octanol–water partition coefficient (Wildman–Crippen LogP) is 1.28. The van der Waals surface area contributed by atoms with Crippen molar-refractivity contribution in [2.45, 2.75) is 45.6 Å². The third-order valence-electron chi connectivity index (χ3n) is 2.61. The minimum Gasteiger partial charge on any atom is -0.355 e. The van der Waals surface area contributed by atoms with Gasteiger partial charge in [0.2, 0.25) is 5.91 Å². The second-order valence-electron chi connectivity index (χ2n) is 3.86. The Hall–Kier alpha value is -1.01. The maximum absolute atomic E-state index is 11.5. The fourth-order valence-electron chi connectivity index (χ4n) is 1.19. The monoisotopic (exact) mass is 210 g/mol. The van der Waals surface area contributed by atoms with Crippen molar-refractivity contribution in [3.8, 4) is 12.3 Å². The topological polar surface area (TPSA) is 55.1 Å². The number of carbonyl (C=O) groups excluding carboxylic acids is 1. The van der Waals surface area contributed by atoms with Crippen LogP contribution in [0.4, 0.5) is 0 Å². The zero-order valence-electron chi connectivity index (χ0n) is 9.75. The molecule has 2 atom stereocenters. The van der Waals surface area contributed by atoms with Crippen LogP contribution in [0.15, 0.2) is 0 Å². The van der Waals surface area contributed by atoms with Crippen LogP contribution in [-0.2, 0) is 4.79 Å².